The summed E-state index contributed by atoms with van der Waals surface area (Å²) in [6.07, 6.45) is 2.29. The lowest BCUT2D eigenvalue weighted by atomic mass is 9.90. The van der Waals surface area contributed by atoms with E-state index in [9.17, 15) is 0 Å². The number of hydrogen-bond acceptors (Lipinski definition) is 2. The molecule has 0 aliphatic heterocycles. The van der Waals surface area contributed by atoms with Crippen molar-refractivity contribution < 1.29 is 0 Å². The Kier molecular flexibility index (Phi) is 4.87. The molecule has 0 nitrogen and oxygen atoms in total. The zero-order valence-electron chi connectivity index (χ0n) is 7.09. The van der Waals surface area contributed by atoms with Crippen molar-refractivity contribution in [3.8, 4) is 0 Å². The fourth-order valence-corrected chi connectivity index (χ4v) is 2.15. The second-order valence-corrected chi connectivity index (χ2v) is 5.11. The molecule has 0 heterocycles. The molecule has 0 spiro atoms. The average Bonchev–Trinajstić information content (AvgIpc) is 1.59. The zero-order valence-corrected chi connectivity index (χ0v) is 8.88. The molecule has 0 amide bonds. The largest absolute Gasteiger partial charge is 0.179 e. The molecule has 0 rings (SSSR count). The van der Waals surface area contributed by atoms with Gasteiger partial charge in [-0.2, -0.15) is 25.3 Å². The molecule has 10 heavy (non-hydrogen) atoms. The predicted molar refractivity (Wildman–Crippen MR) is 55.3 cm³/mol. The lowest BCUT2D eigenvalue weighted by molar-refractivity contribution is 0.371. The Morgan fingerprint density at radius 1 is 1.30 bits per heavy atom. The van der Waals surface area contributed by atoms with Crippen LogP contribution in [0.3, 0.4) is 0 Å². The molecule has 0 fully saturated rings. The van der Waals surface area contributed by atoms with Crippen LogP contribution in [-0.2, 0) is 0 Å². The van der Waals surface area contributed by atoms with Crippen LogP contribution >= 0.6 is 25.3 Å². The van der Waals surface area contributed by atoms with Gasteiger partial charge in [-0.1, -0.05) is 20.8 Å². The Balaban J connectivity index is 3.47. The van der Waals surface area contributed by atoms with Gasteiger partial charge >= 0.3 is 0 Å². The van der Waals surface area contributed by atoms with E-state index in [1.165, 1.54) is 6.42 Å². The molecular formula is C8H18S2. The summed E-state index contributed by atoms with van der Waals surface area (Å²) in [6.45, 7) is 6.73. The first-order valence-corrected chi connectivity index (χ1v) is 4.89. The lowest BCUT2D eigenvalue weighted by Crippen LogP contribution is -2.13. The van der Waals surface area contributed by atoms with Gasteiger partial charge in [0.25, 0.3) is 0 Å². The van der Waals surface area contributed by atoms with Crippen molar-refractivity contribution in [3.05, 3.63) is 0 Å². The van der Waals surface area contributed by atoms with Crippen LogP contribution < -0.4 is 0 Å². The van der Waals surface area contributed by atoms with Gasteiger partial charge in [-0.3, -0.25) is 0 Å². The van der Waals surface area contributed by atoms with Crippen LogP contribution in [-0.4, -0.2) is 11.0 Å². The van der Waals surface area contributed by atoms with Crippen LogP contribution in [0.4, 0.5) is 0 Å². The molecule has 0 aromatic carbocycles. The number of thiol groups is 2. The highest BCUT2D eigenvalue weighted by Gasteiger charge is 2.14. The molecule has 2 heteroatoms. The Morgan fingerprint density at radius 3 is 2.10 bits per heavy atom. The highest BCUT2D eigenvalue weighted by Crippen LogP contribution is 2.24. The molecule has 0 aromatic rings. The van der Waals surface area contributed by atoms with Crippen LogP contribution in [0.15, 0.2) is 0 Å². The minimum Gasteiger partial charge on any atom is -0.179 e. The summed E-state index contributed by atoms with van der Waals surface area (Å²) in [6, 6.07) is 0. The minimum absolute atomic E-state index is 0.412. The zero-order chi connectivity index (χ0) is 8.20. The van der Waals surface area contributed by atoms with Gasteiger partial charge in [0.1, 0.15) is 0 Å². The van der Waals surface area contributed by atoms with Crippen LogP contribution in [0.2, 0.25) is 0 Å². The smallest absolute Gasteiger partial charge is 0.00295 e. The maximum Gasteiger partial charge on any atom is 0.00295 e. The first kappa shape index (κ1) is 10.7. The van der Waals surface area contributed by atoms with Gasteiger partial charge < -0.3 is 0 Å². The van der Waals surface area contributed by atoms with Crippen molar-refractivity contribution in [2.45, 2.75) is 38.9 Å². The molecule has 0 aliphatic rings. The topological polar surface area (TPSA) is 0 Å². The molecular weight excluding hydrogens is 160 g/mol. The Labute approximate surface area is 75.6 Å². The van der Waals surface area contributed by atoms with Gasteiger partial charge in [-0.15, -0.1) is 0 Å². The number of rotatable bonds is 3. The minimum atomic E-state index is 0.412. The highest BCUT2D eigenvalue weighted by atomic mass is 32.1. The van der Waals surface area contributed by atoms with E-state index in [-0.39, 0.29) is 0 Å². The summed E-state index contributed by atoms with van der Waals surface area (Å²) in [7, 11) is 0. The van der Waals surface area contributed by atoms with Crippen molar-refractivity contribution in [1.29, 1.82) is 0 Å². The second kappa shape index (κ2) is 4.55. The van der Waals surface area contributed by atoms with E-state index in [1.54, 1.807) is 0 Å². The molecule has 0 saturated heterocycles. The van der Waals surface area contributed by atoms with Crippen LogP contribution in [0.25, 0.3) is 0 Å². The van der Waals surface area contributed by atoms with Gasteiger partial charge in [-0.05, 0) is 24.0 Å². The van der Waals surface area contributed by atoms with E-state index in [1.807, 2.05) is 0 Å². The van der Waals surface area contributed by atoms with Crippen molar-refractivity contribution in [3.63, 3.8) is 0 Å². The highest BCUT2D eigenvalue weighted by molar-refractivity contribution is 7.81. The summed E-state index contributed by atoms with van der Waals surface area (Å²) < 4.78 is 0. The van der Waals surface area contributed by atoms with Gasteiger partial charge in [0.2, 0.25) is 0 Å². The molecule has 0 aliphatic carbocycles. The molecule has 1 unspecified atom stereocenters. The van der Waals surface area contributed by atoms with Crippen molar-refractivity contribution in [1.82, 2.24) is 0 Å². The van der Waals surface area contributed by atoms with E-state index in [2.05, 4.69) is 46.0 Å². The summed E-state index contributed by atoms with van der Waals surface area (Å²) in [5.74, 6) is 0.949. The monoisotopic (exact) mass is 178 g/mol. The predicted octanol–water partition coefficient (Wildman–Crippen LogP) is 3.04. The van der Waals surface area contributed by atoms with Gasteiger partial charge in [0, 0.05) is 5.25 Å². The molecule has 0 saturated carbocycles. The molecule has 0 radical (unpaired) electrons. The fourth-order valence-electron chi connectivity index (χ4n) is 0.958. The summed E-state index contributed by atoms with van der Waals surface area (Å²) in [5, 5.41) is 0.525. The first-order valence-electron chi connectivity index (χ1n) is 3.74. The van der Waals surface area contributed by atoms with Crippen molar-refractivity contribution in [2.24, 2.45) is 5.41 Å². The standard InChI is InChI=1S/C8H18S2/c1-8(2,3)6-7(10)4-5-9/h7,9-10H,4-6H2,1-3H3. The Bertz CT molecular complexity index is 83.7. The van der Waals surface area contributed by atoms with Crippen LogP contribution in [0, 0.1) is 5.41 Å². The maximum absolute atomic E-state index is 4.45. The van der Waals surface area contributed by atoms with E-state index in [0.29, 0.717) is 10.7 Å². The quantitative estimate of drug-likeness (QED) is 0.610. The fraction of sp³-hybridized carbons (Fsp3) is 1.00. The molecule has 1 atom stereocenters. The molecule has 0 bridgehead atoms. The Hall–Kier alpha value is 0.700. The first-order chi connectivity index (χ1) is 4.45. The normalized spacial score (nSPS) is 15.3. The number of hydrogen-bond donors (Lipinski definition) is 2. The maximum atomic E-state index is 4.45. The summed E-state index contributed by atoms with van der Waals surface area (Å²) >= 11 is 8.62. The SMILES string of the molecule is CC(C)(C)CC(S)CCS. The van der Waals surface area contributed by atoms with Gasteiger partial charge in [0.15, 0.2) is 0 Å². The third-order valence-electron chi connectivity index (χ3n) is 1.31. The summed E-state index contributed by atoms with van der Waals surface area (Å²) in [4.78, 5) is 0. The van der Waals surface area contributed by atoms with E-state index >= 15 is 0 Å². The Morgan fingerprint density at radius 2 is 1.80 bits per heavy atom. The van der Waals surface area contributed by atoms with Crippen molar-refractivity contribution >= 4 is 25.3 Å². The third-order valence-corrected chi connectivity index (χ3v) is 2.01. The van der Waals surface area contributed by atoms with E-state index < -0.39 is 0 Å². The van der Waals surface area contributed by atoms with Crippen molar-refractivity contribution in [2.75, 3.05) is 5.75 Å². The van der Waals surface area contributed by atoms with E-state index in [4.69, 9.17) is 0 Å². The van der Waals surface area contributed by atoms with Gasteiger partial charge in [0.05, 0.1) is 0 Å². The van der Waals surface area contributed by atoms with E-state index in [0.717, 1.165) is 12.2 Å². The molecule has 0 N–H and O–H groups in total. The lowest BCUT2D eigenvalue weighted by Gasteiger charge is -2.21. The third kappa shape index (κ3) is 6.81. The summed E-state index contributed by atoms with van der Waals surface area (Å²) in [5.41, 5.74) is 0.412. The second-order valence-electron chi connectivity index (χ2n) is 3.93. The molecule has 62 valence electrons. The van der Waals surface area contributed by atoms with Gasteiger partial charge in [-0.25, -0.2) is 0 Å². The molecule has 0 aromatic heterocycles. The van der Waals surface area contributed by atoms with Crippen LogP contribution in [0.1, 0.15) is 33.6 Å². The average molecular weight is 178 g/mol. The van der Waals surface area contributed by atoms with Crippen LogP contribution in [0.5, 0.6) is 0 Å².